The van der Waals surface area contributed by atoms with Crippen LogP contribution in [0.3, 0.4) is 0 Å². The number of likely N-dealkylation sites (tertiary alicyclic amines) is 1. The van der Waals surface area contributed by atoms with E-state index >= 15 is 0 Å². The van der Waals surface area contributed by atoms with Gasteiger partial charge in [-0.1, -0.05) is 71.9 Å². The predicted octanol–water partition coefficient (Wildman–Crippen LogP) is 6.02. The molecule has 3 nitrogen and oxygen atoms in total. The molecule has 0 radical (unpaired) electrons. The molecule has 1 unspecified atom stereocenters. The van der Waals surface area contributed by atoms with Crippen molar-refractivity contribution in [1.82, 2.24) is 9.80 Å². The molecule has 180 valence electrons. The minimum atomic E-state index is 0.165. The van der Waals surface area contributed by atoms with Crippen LogP contribution in [0.4, 0.5) is 5.69 Å². The standard InChI is InChI=1S/C30H45N3/c1-29(2,3)26-10-8-9-24(19-26)25-11-12-32(22-25)21-23-17-27(30(4,5)6)20-28(18-23)33-15-13-31(7)14-16-33/h8-10,17-20,25H,11-16,21-22H2,1-7H3. The molecular weight excluding hydrogens is 402 g/mol. The van der Waals surface area contributed by atoms with E-state index < -0.39 is 0 Å². The minimum absolute atomic E-state index is 0.165. The second-order valence-electron chi connectivity index (χ2n) is 12.5. The number of anilines is 1. The van der Waals surface area contributed by atoms with Crippen LogP contribution in [0.2, 0.25) is 0 Å². The SMILES string of the molecule is CN1CCN(c2cc(CN3CCC(c4cccc(C(C)(C)C)c4)C3)cc(C(C)(C)C)c2)CC1. The number of hydrogen-bond donors (Lipinski definition) is 0. The summed E-state index contributed by atoms with van der Waals surface area (Å²) in [4.78, 5) is 7.69. The maximum atomic E-state index is 2.67. The van der Waals surface area contributed by atoms with Crippen LogP contribution in [0, 0.1) is 0 Å². The van der Waals surface area contributed by atoms with Crippen LogP contribution in [0.15, 0.2) is 42.5 Å². The first-order chi connectivity index (χ1) is 15.5. The Morgan fingerprint density at radius 3 is 2.15 bits per heavy atom. The molecule has 4 rings (SSSR count). The summed E-state index contributed by atoms with van der Waals surface area (Å²) in [5.74, 6) is 0.648. The van der Waals surface area contributed by atoms with E-state index in [9.17, 15) is 0 Å². The normalized spacial score (nSPS) is 21.1. The fourth-order valence-electron chi connectivity index (χ4n) is 5.21. The van der Waals surface area contributed by atoms with Crippen LogP contribution in [-0.2, 0) is 17.4 Å². The van der Waals surface area contributed by atoms with E-state index in [4.69, 9.17) is 0 Å². The van der Waals surface area contributed by atoms with Crippen LogP contribution < -0.4 is 4.90 Å². The summed E-state index contributed by atoms with van der Waals surface area (Å²) in [6.07, 6.45) is 1.26. The second kappa shape index (κ2) is 9.43. The molecule has 33 heavy (non-hydrogen) atoms. The summed E-state index contributed by atoms with van der Waals surface area (Å²) in [6, 6.07) is 16.7. The van der Waals surface area contributed by atoms with E-state index in [-0.39, 0.29) is 10.8 Å². The third-order valence-electron chi connectivity index (χ3n) is 7.61. The molecule has 2 aliphatic rings. The van der Waals surface area contributed by atoms with Crippen LogP contribution in [-0.4, -0.2) is 56.1 Å². The van der Waals surface area contributed by atoms with Gasteiger partial charge in [0.05, 0.1) is 0 Å². The van der Waals surface area contributed by atoms with Crippen LogP contribution in [0.5, 0.6) is 0 Å². The van der Waals surface area contributed by atoms with Crippen molar-refractivity contribution in [3.8, 4) is 0 Å². The molecule has 0 saturated carbocycles. The summed E-state index contributed by atoms with van der Waals surface area (Å²) in [5.41, 5.74) is 7.70. The second-order valence-corrected chi connectivity index (χ2v) is 12.5. The lowest BCUT2D eigenvalue weighted by Crippen LogP contribution is -2.44. The molecule has 2 saturated heterocycles. The minimum Gasteiger partial charge on any atom is -0.369 e. The molecule has 0 N–H and O–H groups in total. The van der Waals surface area contributed by atoms with E-state index in [2.05, 4.69) is 106 Å². The number of likely N-dealkylation sites (N-methyl/N-ethyl adjacent to an activating group) is 1. The number of benzene rings is 2. The van der Waals surface area contributed by atoms with Crippen molar-refractivity contribution in [3.63, 3.8) is 0 Å². The lowest BCUT2D eigenvalue weighted by molar-refractivity contribution is 0.312. The van der Waals surface area contributed by atoms with Gasteiger partial charge in [0.1, 0.15) is 0 Å². The first kappa shape index (κ1) is 24.3. The van der Waals surface area contributed by atoms with Gasteiger partial charge in [-0.25, -0.2) is 0 Å². The number of piperazine rings is 1. The summed E-state index contributed by atoms with van der Waals surface area (Å²) in [5, 5.41) is 0. The average Bonchev–Trinajstić information content (AvgIpc) is 3.21. The molecule has 2 aromatic rings. The Morgan fingerprint density at radius 1 is 0.788 bits per heavy atom. The lowest BCUT2D eigenvalue weighted by atomic mass is 9.84. The van der Waals surface area contributed by atoms with Gasteiger partial charge in [-0.2, -0.15) is 0 Å². The van der Waals surface area contributed by atoms with E-state index in [1.807, 2.05) is 0 Å². The van der Waals surface area contributed by atoms with Gasteiger partial charge in [0.15, 0.2) is 0 Å². The highest BCUT2D eigenvalue weighted by Gasteiger charge is 2.26. The van der Waals surface area contributed by atoms with Crippen molar-refractivity contribution in [2.75, 3.05) is 51.2 Å². The van der Waals surface area contributed by atoms with E-state index in [0.717, 1.165) is 39.3 Å². The molecule has 2 aromatic carbocycles. The smallest absolute Gasteiger partial charge is 0.0373 e. The third-order valence-corrected chi connectivity index (χ3v) is 7.61. The quantitative estimate of drug-likeness (QED) is 0.567. The Hall–Kier alpha value is -1.84. The fourth-order valence-corrected chi connectivity index (χ4v) is 5.21. The molecule has 0 aromatic heterocycles. The Kier molecular flexibility index (Phi) is 6.94. The molecule has 2 heterocycles. The molecule has 2 aliphatic heterocycles. The molecule has 0 spiro atoms. The summed E-state index contributed by atoms with van der Waals surface area (Å²) >= 11 is 0. The molecule has 0 bridgehead atoms. The highest BCUT2D eigenvalue weighted by molar-refractivity contribution is 5.53. The Balaban J connectivity index is 1.50. The van der Waals surface area contributed by atoms with Gasteiger partial charge in [0.2, 0.25) is 0 Å². The zero-order valence-corrected chi connectivity index (χ0v) is 22.1. The van der Waals surface area contributed by atoms with E-state index in [1.165, 1.54) is 40.9 Å². The predicted molar refractivity (Wildman–Crippen MR) is 143 cm³/mol. The van der Waals surface area contributed by atoms with Crippen LogP contribution in [0.1, 0.15) is 76.1 Å². The van der Waals surface area contributed by atoms with Crippen molar-refractivity contribution in [3.05, 3.63) is 64.7 Å². The van der Waals surface area contributed by atoms with Gasteiger partial charge in [0, 0.05) is 45.0 Å². The first-order valence-corrected chi connectivity index (χ1v) is 12.9. The Labute approximate surface area is 202 Å². The summed E-state index contributed by atoms with van der Waals surface area (Å²) < 4.78 is 0. The van der Waals surface area contributed by atoms with Crippen LogP contribution in [0.25, 0.3) is 0 Å². The van der Waals surface area contributed by atoms with Crippen LogP contribution >= 0.6 is 0 Å². The largest absolute Gasteiger partial charge is 0.369 e. The van der Waals surface area contributed by atoms with E-state index in [1.54, 1.807) is 0 Å². The Morgan fingerprint density at radius 2 is 1.48 bits per heavy atom. The maximum absolute atomic E-state index is 2.67. The molecular formula is C30H45N3. The van der Waals surface area contributed by atoms with Gasteiger partial charge in [-0.3, -0.25) is 4.90 Å². The summed E-state index contributed by atoms with van der Waals surface area (Å²) in [6.45, 7) is 21.9. The van der Waals surface area contributed by atoms with Gasteiger partial charge >= 0.3 is 0 Å². The van der Waals surface area contributed by atoms with Crippen molar-refractivity contribution >= 4 is 5.69 Å². The third kappa shape index (κ3) is 6.00. The summed E-state index contributed by atoms with van der Waals surface area (Å²) in [7, 11) is 2.23. The Bertz CT molecular complexity index is 942. The molecule has 0 amide bonds. The molecule has 3 heteroatoms. The average molecular weight is 448 g/mol. The molecule has 0 aliphatic carbocycles. The molecule has 2 fully saturated rings. The van der Waals surface area contributed by atoms with Crippen molar-refractivity contribution < 1.29 is 0 Å². The first-order valence-electron chi connectivity index (χ1n) is 12.9. The number of hydrogen-bond acceptors (Lipinski definition) is 3. The fraction of sp³-hybridized carbons (Fsp3) is 0.600. The van der Waals surface area contributed by atoms with Gasteiger partial charge in [-0.15, -0.1) is 0 Å². The number of rotatable bonds is 4. The maximum Gasteiger partial charge on any atom is 0.0373 e. The highest BCUT2D eigenvalue weighted by atomic mass is 15.2. The van der Waals surface area contributed by atoms with Crippen molar-refractivity contribution in [1.29, 1.82) is 0 Å². The monoisotopic (exact) mass is 447 g/mol. The zero-order valence-electron chi connectivity index (χ0n) is 22.1. The van der Waals surface area contributed by atoms with Gasteiger partial charge in [0.25, 0.3) is 0 Å². The zero-order chi connectivity index (χ0) is 23.8. The lowest BCUT2D eigenvalue weighted by Gasteiger charge is -2.35. The topological polar surface area (TPSA) is 9.72 Å². The van der Waals surface area contributed by atoms with Gasteiger partial charge < -0.3 is 9.80 Å². The molecule has 1 atom stereocenters. The van der Waals surface area contributed by atoms with Crippen molar-refractivity contribution in [2.24, 2.45) is 0 Å². The number of nitrogens with zero attached hydrogens (tertiary/aromatic N) is 3. The van der Waals surface area contributed by atoms with Crippen molar-refractivity contribution in [2.45, 2.75) is 71.3 Å². The highest BCUT2D eigenvalue weighted by Crippen LogP contribution is 2.33. The van der Waals surface area contributed by atoms with E-state index in [0.29, 0.717) is 5.92 Å². The van der Waals surface area contributed by atoms with Gasteiger partial charge in [-0.05, 0) is 71.1 Å².